The topological polar surface area (TPSA) is 58.0 Å². The van der Waals surface area contributed by atoms with Crippen molar-refractivity contribution in [2.75, 3.05) is 5.32 Å². The molecule has 3 heterocycles. The first-order valence-electron chi connectivity index (χ1n) is 6.85. The first-order valence-corrected chi connectivity index (χ1v) is 7.73. The van der Waals surface area contributed by atoms with Gasteiger partial charge in [-0.2, -0.15) is 0 Å². The number of aliphatic hydroxyl groups excluding tert-OH is 1. The van der Waals surface area contributed by atoms with E-state index >= 15 is 0 Å². The van der Waals surface area contributed by atoms with Gasteiger partial charge in [0.25, 0.3) is 0 Å². The summed E-state index contributed by atoms with van der Waals surface area (Å²) in [6, 6.07) is 7.90. The molecular weight excluding hydrogens is 282 g/mol. The van der Waals surface area contributed by atoms with E-state index in [1.54, 1.807) is 18.3 Å². The van der Waals surface area contributed by atoms with Crippen LogP contribution in [0, 0.1) is 6.92 Å². The quantitative estimate of drug-likeness (QED) is 0.772. The molecule has 0 aromatic carbocycles. The molecule has 0 unspecified atom stereocenters. The zero-order valence-electron chi connectivity index (χ0n) is 12.0. The molecule has 0 spiro atoms. The molecule has 0 bridgehead atoms. The lowest BCUT2D eigenvalue weighted by Gasteiger charge is -2.11. The van der Waals surface area contributed by atoms with Gasteiger partial charge in [-0.3, -0.25) is 9.97 Å². The van der Waals surface area contributed by atoms with Crippen molar-refractivity contribution >= 4 is 27.2 Å². The fourth-order valence-electron chi connectivity index (χ4n) is 2.36. The highest BCUT2D eigenvalue weighted by molar-refractivity contribution is 7.17. The predicted molar refractivity (Wildman–Crippen MR) is 86.6 cm³/mol. The van der Waals surface area contributed by atoms with Crippen LogP contribution in [-0.4, -0.2) is 15.1 Å². The van der Waals surface area contributed by atoms with E-state index < -0.39 is 6.10 Å². The maximum Gasteiger partial charge on any atom is 0.0830 e. The third-order valence-corrected chi connectivity index (χ3v) is 4.38. The SMILES string of the molecule is Cc1nc(CNc2ccnc3ccsc23)ccc1[C@H](C)O. The number of aryl methyl sites for hydroxylation is 1. The molecule has 0 saturated carbocycles. The van der Waals surface area contributed by atoms with Gasteiger partial charge in [-0.15, -0.1) is 11.3 Å². The number of nitrogens with zero attached hydrogens (tertiary/aromatic N) is 2. The molecule has 0 saturated heterocycles. The van der Waals surface area contributed by atoms with Crippen molar-refractivity contribution in [3.63, 3.8) is 0 Å². The van der Waals surface area contributed by atoms with Crippen LogP contribution in [0.15, 0.2) is 35.8 Å². The summed E-state index contributed by atoms with van der Waals surface area (Å²) < 4.78 is 1.16. The number of hydrogen-bond acceptors (Lipinski definition) is 5. The highest BCUT2D eigenvalue weighted by Gasteiger charge is 2.08. The standard InChI is InChI=1S/C16H17N3OS/c1-10-13(11(2)20)4-3-12(19-10)9-18-14-5-7-17-15-6-8-21-16(14)15/h3-8,11,20H,9H2,1-2H3,(H,17,18)/t11-/m0/s1. The molecule has 3 aromatic rings. The van der Waals surface area contributed by atoms with E-state index in [0.29, 0.717) is 6.54 Å². The normalized spacial score (nSPS) is 12.5. The van der Waals surface area contributed by atoms with Gasteiger partial charge in [0.15, 0.2) is 0 Å². The smallest absolute Gasteiger partial charge is 0.0830 e. The molecule has 0 aliphatic rings. The summed E-state index contributed by atoms with van der Waals surface area (Å²) in [6.45, 7) is 4.33. The van der Waals surface area contributed by atoms with E-state index in [1.807, 2.05) is 42.8 Å². The number of aromatic nitrogens is 2. The molecule has 108 valence electrons. The van der Waals surface area contributed by atoms with Crippen molar-refractivity contribution in [1.82, 2.24) is 9.97 Å². The molecule has 0 aliphatic heterocycles. The maximum absolute atomic E-state index is 9.64. The van der Waals surface area contributed by atoms with E-state index in [-0.39, 0.29) is 0 Å². The van der Waals surface area contributed by atoms with Crippen molar-refractivity contribution in [1.29, 1.82) is 0 Å². The lowest BCUT2D eigenvalue weighted by Crippen LogP contribution is -2.05. The second-order valence-electron chi connectivity index (χ2n) is 5.00. The zero-order chi connectivity index (χ0) is 14.8. The first-order chi connectivity index (χ1) is 10.1. The lowest BCUT2D eigenvalue weighted by atomic mass is 10.1. The third-order valence-electron chi connectivity index (χ3n) is 3.44. The second-order valence-corrected chi connectivity index (χ2v) is 5.92. The Hall–Kier alpha value is -1.98. The predicted octanol–water partition coefficient (Wildman–Crippen LogP) is 3.67. The number of thiophene rings is 1. The number of nitrogens with one attached hydrogen (secondary N) is 1. The van der Waals surface area contributed by atoms with Gasteiger partial charge in [-0.1, -0.05) is 6.07 Å². The summed E-state index contributed by atoms with van der Waals surface area (Å²) in [5.41, 5.74) is 4.80. The molecule has 0 radical (unpaired) electrons. The monoisotopic (exact) mass is 299 g/mol. The Bertz CT molecular complexity index is 767. The molecule has 2 N–H and O–H groups in total. The molecule has 3 aromatic heterocycles. The number of pyridine rings is 2. The number of aliphatic hydroxyl groups is 1. The maximum atomic E-state index is 9.64. The minimum atomic E-state index is -0.481. The van der Waals surface area contributed by atoms with Gasteiger partial charge >= 0.3 is 0 Å². The molecule has 3 rings (SSSR count). The Balaban J connectivity index is 1.79. The average Bonchev–Trinajstić information content (AvgIpc) is 2.93. The first kappa shape index (κ1) is 14.0. The van der Waals surface area contributed by atoms with Crippen molar-refractivity contribution in [2.24, 2.45) is 0 Å². The Morgan fingerprint density at radius 3 is 2.90 bits per heavy atom. The van der Waals surface area contributed by atoms with Crippen LogP contribution in [0.5, 0.6) is 0 Å². The van der Waals surface area contributed by atoms with Crippen LogP contribution in [0.1, 0.15) is 30.0 Å². The molecule has 21 heavy (non-hydrogen) atoms. The van der Waals surface area contributed by atoms with Gasteiger partial charge in [0.1, 0.15) is 0 Å². The van der Waals surface area contributed by atoms with E-state index in [2.05, 4.69) is 15.3 Å². The molecule has 0 aliphatic carbocycles. The molecule has 5 heteroatoms. The van der Waals surface area contributed by atoms with Crippen molar-refractivity contribution in [3.8, 4) is 0 Å². The Morgan fingerprint density at radius 2 is 2.14 bits per heavy atom. The van der Waals surface area contributed by atoms with Gasteiger partial charge in [0.05, 0.1) is 34.2 Å². The van der Waals surface area contributed by atoms with Crippen LogP contribution in [0.3, 0.4) is 0 Å². The van der Waals surface area contributed by atoms with Crippen LogP contribution >= 0.6 is 11.3 Å². The van der Waals surface area contributed by atoms with Gasteiger partial charge in [0.2, 0.25) is 0 Å². The lowest BCUT2D eigenvalue weighted by molar-refractivity contribution is 0.198. The fourth-order valence-corrected chi connectivity index (χ4v) is 3.20. The average molecular weight is 299 g/mol. The highest BCUT2D eigenvalue weighted by atomic mass is 32.1. The summed E-state index contributed by atoms with van der Waals surface area (Å²) in [4.78, 5) is 8.87. The van der Waals surface area contributed by atoms with Crippen LogP contribution in [0.4, 0.5) is 5.69 Å². The third kappa shape index (κ3) is 2.89. The Labute approximate surface area is 127 Å². The Morgan fingerprint density at radius 1 is 1.29 bits per heavy atom. The van der Waals surface area contributed by atoms with Crippen LogP contribution in [0.2, 0.25) is 0 Å². The van der Waals surface area contributed by atoms with Crippen molar-refractivity contribution < 1.29 is 5.11 Å². The highest BCUT2D eigenvalue weighted by Crippen LogP contribution is 2.27. The number of anilines is 1. The zero-order valence-corrected chi connectivity index (χ0v) is 12.8. The van der Waals surface area contributed by atoms with Crippen molar-refractivity contribution in [3.05, 3.63) is 52.8 Å². The van der Waals surface area contributed by atoms with Gasteiger partial charge in [0, 0.05) is 17.5 Å². The van der Waals surface area contributed by atoms with Gasteiger partial charge in [-0.05, 0) is 37.4 Å². The number of rotatable bonds is 4. The van der Waals surface area contributed by atoms with Gasteiger partial charge < -0.3 is 10.4 Å². The minimum Gasteiger partial charge on any atom is -0.389 e. The second kappa shape index (κ2) is 5.79. The molecule has 0 amide bonds. The molecule has 0 fully saturated rings. The van der Waals surface area contributed by atoms with Crippen molar-refractivity contribution in [2.45, 2.75) is 26.5 Å². The van der Waals surface area contributed by atoms with E-state index in [0.717, 1.165) is 32.9 Å². The molecule has 1 atom stereocenters. The number of fused-ring (bicyclic) bond motifs is 1. The molecule has 4 nitrogen and oxygen atoms in total. The van der Waals surface area contributed by atoms with E-state index in [9.17, 15) is 5.11 Å². The summed E-state index contributed by atoms with van der Waals surface area (Å²) in [7, 11) is 0. The van der Waals surface area contributed by atoms with E-state index in [4.69, 9.17) is 0 Å². The van der Waals surface area contributed by atoms with E-state index in [1.165, 1.54) is 0 Å². The summed E-state index contributed by atoms with van der Waals surface area (Å²) in [5, 5.41) is 15.1. The Kier molecular flexibility index (Phi) is 3.86. The van der Waals surface area contributed by atoms with Crippen LogP contribution in [0.25, 0.3) is 10.2 Å². The van der Waals surface area contributed by atoms with Crippen LogP contribution in [-0.2, 0) is 6.54 Å². The minimum absolute atomic E-state index is 0.481. The van der Waals surface area contributed by atoms with Gasteiger partial charge in [-0.25, -0.2) is 0 Å². The van der Waals surface area contributed by atoms with Crippen LogP contribution < -0.4 is 5.32 Å². The molecular formula is C16H17N3OS. The summed E-state index contributed by atoms with van der Waals surface area (Å²) in [6.07, 6.45) is 1.33. The largest absolute Gasteiger partial charge is 0.389 e. The summed E-state index contributed by atoms with van der Waals surface area (Å²) in [5.74, 6) is 0. The summed E-state index contributed by atoms with van der Waals surface area (Å²) >= 11 is 1.68. The number of hydrogen-bond donors (Lipinski definition) is 2. The fraction of sp³-hybridized carbons (Fsp3) is 0.250.